The van der Waals surface area contributed by atoms with E-state index in [4.69, 9.17) is 0 Å². The molecule has 31 heavy (non-hydrogen) atoms. The number of pyridine rings is 1. The molecular weight excluding hydrogens is 422 g/mol. The topological polar surface area (TPSA) is 79.2 Å². The monoisotopic (exact) mass is 436 g/mol. The fourth-order valence-electron chi connectivity index (χ4n) is 4.06. The Labute approximate surface area is 178 Å². The highest BCUT2D eigenvalue weighted by Gasteiger charge is 2.37. The number of carbonyl (C=O) groups is 1. The molecule has 10 heteroatoms. The van der Waals surface area contributed by atoms with Crippen LogP contribution in [-0.4, -0.2) is 41.9 Å². The zero-order valence-corrected chi connectivity index (χ0v) is 16.7. The number of amides is 1. The Bertz CT molecular complexity index is 1470. The van der Waals surface area contributed by atoms with Gasteiger partial charge in [-0.05, 0) is 24.3 Å². The first kappa shape index (κ1) is 18.1. The van der Waals surface area contributed by atoms with Gasteiger partial charge in [-0.2, -0.15) is 5.10 Å². The van der Waals surface area contributed by atoms with E-state index in [1.807, 2.05) is 0 Å². The molecule has 0 aliphatic carbocycles. The SMILES string of the molecule is O=C(c1cnn2cc(F)ccc12)N1CCc2[nH]cnc2[C@H]1c1nc2cc(F)ccc2s1. The molecule has 0 saturated heterocycles. The van der Waals surface area contributed by atoms with Crippen LogP contribution in [0, 0.1) is 11.6 Å². The number of aromatic amines is 1. The first-order valence-corrected chi connectivity index (χ1v) is 10.4. The number of rotatable bonds is 2. The van der Waals surface area contributed by atoms with Crippen molar-refractivity contribution in [2.75, 3.05) is 6.54 Å². The molecular formula is C21H14F2N6OS. The average Bonchev–Trinajstić information content (AvgIpc) is 3.49. The molecule has 1 atom stereocenters. The minimum absolute atomic E-state index is 0.245. The Morgan fingerprint density at radius 3 is 2.97 bits per heavy atom. The van der Waals surface area contributed by atoms with E-state index in [-0.39, 0.29) is 11.7 Å². The van der Waals surface area contributed by atoms with Crippen LogP contribution in [0.15, 0.2) is 49.1 Å². The molecule has 1 N–H and O–H groups in total. The smallest absolute Gasteiger partial charge is 0.258 e. The summed E-state index contributed by atoms with van der Waals surface area (Å²) in [6.45, 7) is 0.446. The third-order valence-electron chi connectivity index (χ3n) is 5.50. The van der Waals surface area contributed by atoms with Gasteiger partial charge in [0.15, 0.2) is 0 Å². The zero-order chi connectivity index (χ0) is 21.1. The average molecular weight is 436 g/mol. The Morgan fingerprint density at radius 2 is 2.06 bits per heavy atom. The van der Waals surface area contributed by atoms with Crippen molar-refractivity contribution >= 4 is 33.0 Å². The van der Waals surface area contributed by atoms with E-state index in [9.17, 15) is 13.6 Å². The normalized spacial score (nSPS) is 16.2. The third-order valence-corrected chi connectivity index (χ3v) is 6.59. The van der Waals surface area contributed by atoms with Crippen molar-refractivity contribution < 1.29 is 13.6 Å². The van der Waals surface area contributed by atoms with E-state index in [1.165, 1.54) is 52.5 Å². The number of nitrogens with zero attached hydrogens (tertiary/aromatic N) is 5. The third kappa shape index (κ3) is 2.82. The molecule has 5 heterocycles. The first-order chi connectivity index (χ1) is 15.1. The summed E-state index contributed by atoms with van der Waals surface area (Å²) in [5.74, 6) is -1.04. The molecule has 7 nitrogen and oxygen atoms in total. The summed E-state index contributed by atoms with van der Waals surface area (Å²) in [6, 6.07) is 6.79. The minimum atomic E-state index is -0.515. The number of hydrogen-bond donors (Lipinski definition) is 1. The summed E-state index contributed by atoms with van der Waals surface area (Å²) < 4.78 is 29.4. The van der Waals surface area contributed by atoms with Gasteiger partial charge in [0, 0.05) is 24.7 Å². The number of fused-ring (bicyclic) bond motifs is 3. The lowest BCUT2D eigenvalue weighted by atomic mass is 10.0. The van der Waals surface area contributed by atoms with E-state index < -0.39 is 11.9 Å². The lowest BCUT2D eigenvalue weighted by Crippen LogP contribution is -2.40. The minimum Gasteiger partial charge on any atom is -0.348 e. The number of hydrogen-bond acceptors (Lipinski definition) is 5. The van der Waals surface area contributed by atoms with Gasteiger partial charge < -0.3 is 9.88 Å². The number of carbonyl (C=O) groups excluding carboxylic acids is 1. The number of thiazole rings is 1. The van der Waals surface area contributed by atoms with E-state index in [2.05, 4.69) is 20.1 Å². The van der Waals surface area contributed by atoms with Gasteiger partial charge in [-0.1, -0.05) is 0 Å². The van der Waals surface area contributed by atoms with Gasteiger partial charge in [-0.25, -0.2) is 23.3 Å². The van der Waals surface area contributed by atoms with Crippen LogP contribution in [0.1, 0.15) is 32.8 Å². The molecule has 0 radical (unpaired) electrons. The maximum atomic E-state index is 13.7. The Kier molecular flexibility index (Phi) is 3.90. The molecule has 0 fully saturated rings. The summed E-state index contributed by atoms with van der Waals surface area (Å²) in [7, 11) is 0. The Morgan fingerprint density at radius 1 is 1.19 bits per heavy atom. The molecule has 1 aliphatic rings. The summed E-state index contributed by atoms with van der Waals surface area (Å²) >= 11 is 1.41. The molecule has 0 unspecified atom stereocenters. The number of imidazole rings is 1. The summed E-state index contributed by atoms with van der Waals surface area (Å²) in [6.07, 6.45) is 4.90. The predicted octanol–water partition coefficient (Wildman–Crippen LogP) is 3.73. The van der Waals surface area contributed by atoms with Crippen LogP contribution in [0.5, 0.6) is 0 Å². The van der Waals surface area contributed by atoms with Crippen LogP contribution >= 0.6 is 11.3 Å². The van der Waals surface area contributed by atoms with Gasteiger partial charge in [-0.15, -0.1) is 11.3 Å². The lowest BCUT2D eigenvalue weighted by Gasteiger charge is -2.33. The molecule has 1 amide bonds. The quantitative estimate of drug-likeness (QED) is 0.457. The molecule has 0 saturated carbocycles. The predicted molar refractivity (Wildman–Crippen MR) is 110 cm³/mol. The zero-order valence-electron chi connectivity index (χ0n) is 15.9. The van der Waals surface area contributed by atoms with E-state index in [0.717, 1.165) is 16.1 Å². The van der Waals surface area contributed by atoms with Crippen LogP contribution in [0.25, 0.3) is 15.7 Å². The molecule has 6 rings (SSSR count). The van der Waals surface area contributed by atoms with Gasteiger partial charge in [0.25, 0.3) is 5.91 Å². The van der Waals surface area contributed by atoms with Crippen molar-refractivity contribution in [2.24, 2.45) is 0 Å². The maximum Gasteiger partial charge on any atom is 0.258 e. The summed E-state index contributed by atoms with van der Waals surface area (Å²) in [4.78, 5) is 27.5. The van der Waals surface area contributed by atoms with E-state index in [1.54, 1.807) is 17.3 Å². The first-order valence-electron chi connectivity index (χ1n) is 9.60. The molecule has 0 spiro atoms. The van der Waals surface area contributed by atoms with Gasteiger partial charge in [0.2, 0.25) is 0 Å². The summed E-state index contributed by atoms with van der Waals surface area (Å²) in [5, 5.41) is 4.78. The lowest BCUT2D eigenvalue weighted by molar-refractivity contribution is 0.0692. The second-order valence-electron chi connectivity index (χ2n) is 7.32. The number of aromatic nitrogens is 5. The molecule has 1 aromatic carbocycles. The molecule has 5 aromatic rings. The Balaban J connectivity index is 1.48. The van der Waals surface area contributed by atoms with Crippen LogP contribution in [0.3, 0.4) is 0 Å². The van der Waals surface area contributed by atoms with E-state index >= 15 is 0 Å². The van der Waals surface area contributed by atoms with Crippen molar-refractivity contribution in [2.45, 2.75) is 12.5 Å². The second kappa shape index (κ2) is 6.67. The second-order valence-corrected chi connectivity index (χ2v) is 8.38. The van der Waals surface area contributed by atoms with E-state index in [0.29, 0.717) is 34.6 Å². The molecule has 4 aromatic heterocycles. The fraction of sp³-hybridized carbons (Fsp3) is 0.143. The maximum absolute atomic E-state index is 13.7. The van der Waals surface area contributed by atoms with Crippen LogP contribution < -0.4 is 0 Å². The van der Waals surface area contributed by atoms with Crippen molar-refractivity contribution in [3.05, 3.63) is 82.6 Å². The molecule has 154 valence electrons. The van der Waals surface area contributed by atoms with Crippen molar-refractivity contribution in [1.29, 1.82) is 0 Å². The highest BCUT2D eigenvalue weighted by molar-refractivity contribution is 7.18. The van der Waals surface area contributed by atoms with Gasteiger partial charge in [-0.3, -0.25) is 4.79 Å². The number of halogens is 2. The summed E-state index contributed by atoms with van der Waals surface area (Å²) in [5.41, 5.74) is 3.10. The fourth-order valence-corrected chi connectivity index (χ4v) is 5.12. The van der Waals surface area contributed by atoms with Crippen molar-refractivity contribution in [1.82, 2.24) is 29.5 Å². The largest absolute Gasteiger partial charge is 0.348 e. The molecule has 1 aliphatic heterocycles. The Hall–Kier alpha value is -3.66. The van der Waals surface area contributed by atoms with Gasteiger partial charge >= 0.3 is 0 Å². The highest BCUT2D eigenvalue weighted by Crippen LogP contribution is 2.38. The van der Waals surface area contributed by atoms with Crippen LogP contribution in [0.2, 0.25) is 0 Å². The highest BCUT2D eigenvalue weighted by atomic mass is 32.1. The standard InChI is InChI=1S/C21H14F2N6OS/c22-11-2-4-17-15(7-11)27-20(31-17)19-18-14(24-10-25-18)5-6-28(19)21(30)13-8-26-29-9-12(23)1-3-16(13)29/h1-4,7-10,19H,5-6H2,(H,24,25)/t19-/m0/s1. The number of nitrogens with one attached hydrogen (secondary N) is 1. The van der Waals surface area contributed by atoms with Crippen LogP contribution in [0.4, 0.5) is 8.78 Å². The molecule has 0 bridgehead atoms. The van der Waals surface area contributed by atoms with Crippen molar-refractivity contribution in [3.8, 4) is 0 Å². The number of benzene rings is 1. The van der Waals surface area contributed by atoms with Crippen LogP contribution in [-0.2, 0) is 6.42 Å². The van der Waals surface area contributed by atoms with Gasteiger partial charge in [0.1, 0.15) is 22.7 Å². The van der Waals surface area contributed by atoms with Crippen molar-refractivity contribution in [3.63, 3.8) is 0 Å². The number of H-pyrrole nitrogens is 1. The van der Waals surface area contributed by atoms with Gasteiger partial charge in [0.05, 0.1) is 45.7 Å².